The highest BCUT2D eigenvalue weighted by Gasteiger charge is 2.31. The fraction of sp³-hybridized carbons (Fsp3) is 0.299. The number of carbonyl (C=O) groups excluding carboxylic acids is 2. The van der Waals surface area contributed by atoms with E-state index in [1.807, 2.05) is 60.7 Å². The molecule has 0 aromatic heterocycles. The molecule has 87 heavy (non-hydrogen) atoms. The third kappa shape index (κ3) is 24.4. The second-order valence-electron chi connectivity index (χ2n) is 19.8. The Labute approximate surface area is 511 Å². The molecule has 7 rings (SSSR count). The van der Waals surface area contributed by atoms with Crippen molar-refractivity contribution in [3.63, 3.8) is 0 Å². The third-order valence-electron chi connectivity index (χ3n) is 12.6. The first-order valence-electron chi connectivity index (χ1n) is 26.3. The highest BCUT2D eigenvalue weighted by atomic mass is 19.1. The van der Waals surface area contributed by atoms with E-state index < -0.39 is 89.0 Å². The van der Waals surface area contributed by atoms with Gasteiger partial charge in [-0.05, 0) is 119 Å². The van der Waals surface area contributed by atoms with Gasteiger partial charge in [-0.25, -0.2) is 31.5 Å². The van der Waals surface area contributed by atoms with E-state index in [1.54, 1.807) is 135 Å². The van der Waals surface area contributed by atoms with Crippen LogP contribution in [0.25, 0.3) is 0 Å². The van der Waals surface area contributed by atoms with Gasteiger partial charge in [-0.15, -0.1) is 0 Å². The minimum atomic E-state index is -1.06. The van der Waals surface area contributed by atoms with Gasteiger partial charge in [0.2, 0.25) is 0 Å². The number of hydrogen-bond donors (Lipinski definition) is 3. The molecule has 1 unspecified atom stereocenters. The molecule has 0 saturated heterocycles. The van der Waals surface area contributed by atoms with Crippen LogP contribution in [0.15, 0.2) is 182 Å². The number of carboxylic acid groups (broad SMARTS) is 3. The topological polar surface area (TPSA) is 177 Å². The molecular formula is C67H81BF5N4O10. The lowest BCUT2D eigenvalue weighted by atomic mass is 10.0. The van der Waals surface area contributed by atoms with Gasteiger partial charge in [-0.2, -0.15) is 0 Å². The van der Waals surface area contributed by atoms with Crippen LogP contribution in [0.4, 0.5) is 22.0 Å². The van der Waals surface area contributed by atoms with Crippen LogP contribution in [0.1, 0.15) is 117 Å². The van der Waals surface area contributed by atoms with Gasteiger partial charge in [0, 0.05) is 36.2 Å². The van der Waals surface area contributed by atoms with Crippen molar-refractivity contribution in [3.8, 4) is 0 Å². The molecule has 0 fully saturated rings. The van der Waals surface area contributed by atoms with Crippen molar-refractivity contribution in [2.45, 2.75) is 77.9 Å². The minimum absolute atomic E-state index is 0. The van der Waals surface area contributed by atoms with Gasteiger partial charge in [0.15, 0.2) is 0 Å². The first-order valence-corrected chi connectivity index (χ1v) is 26.3. The fourth-order valence-electron chi connectivity index (χ4n) is 8.30. The monoisotopic (exact) mass is 1210 g/mol. The van der Waals surface area contributed by atoms with Crippen molar-refractivity contribution in [2.24, 2.45) is 0 Å². The number of nitrogens with zero attached hydrogens (tertiary/aromatic N) is 4. The average Bonchev–Trinajstić information content (AvgIpc) is 2.08. The van der Waals surface area contributed by atoms with Gasteiger partial charge in [-0.1, -0.05) is 167 Å². The summed E-state index contributed by atoms with van der Waals surface area (Å²) in [7, 11) is 13.3. The Morgan fingerprint density at radius 2 is 0.540 bits per heavy atom. The van der Waals surface area contributed by atoms with Gasteiger partial charge in [-0.3, -0.25) is 34.0 Å². The molecule has 0 spiro atoms. The standard InChI is InChI=1S/2C18H20FNO2.2C10H12FNO2.C9H9FO2.2CH4.B/c2*1-13(14-9-5-4-6-10-14)22-18(21)17(20(2)3)15-11-7-8-12-16(15)19;2*1-12(2)9(10(13)14)7-5-3-4-6-8(7)11;1-6(9(11)12)7-4-2-3-5-8(7)10;;;/h2*4-13,17H,1-3H3;2*3-6,9H,1-2H3,(H,13,14);2-6H,1H3,(H,11,12);2*1H4;/t13-,17+;13-,17-;2*9-;;;;/m0010..../s1. The summed E-state index contributed by atoms with van der Waals surface area (Å²) in [6.07, 6.45) is -0.772. The quantitative estimate of drug-likeness (QED) is 0.0420. The van der Waals surface area contributed by atoms with Crippen LogP contribution < -0.4 is 0 Å². The molecular weight excluding hydrogens is 1130 g/mol. The number of carboxylic acids is 3. The lowest BCUT2D eigenvalue weighted by Crippen LogP contribution is -2.30. The van der Waals surface area contributed by atoms with E-state index in [-0.39, 0.29) is 52.2 Å². The summed E-state index contributed by atoms with van der Waals surface area (Å²) in [5.41, 5.74) is 3.04. The van der Waals surface area contributed by atoms with Crippen LogP contribution in [0.3, 0.4) is 0 Å². The number of esters is 2. The molecule has 7 aromatic carbocycles. The number of halogens is 5. The maximum Gasteiger partial charge on any atom is 0.328 e. The second kappa shape index (κ2) is 39.2. The number of rotatable bonds is 18. The molecule has 20 heteroatoms. The number of benzene rings is 7. The Kier molecular flexibility index (Phi) is 35.3. The van der Waals surface area contributed by atoms with Crippen molar-refractivity contribution >= 4 is 38.3 Å². The number of ether oxygens (including phenoxy) is 2. The van der Waals surface area contributed by atoms with Crippen LogP contribution in [-0.4, -0.2) is 130 Å². The Hall–Kier alpha value is -8.56. The predicted molar refractivity (Wildman–Crippen MR) is 330 cm³/mol. The average molecular weight is 1210 g/mol. The third-order valence-corrected chi connectivity index (χ3v) is 12.6. The molecule has 0 amide bonds. The molecule has 467 valence electrons. The summed E-state index contributed by atoms with van der Waals surface area (Å²) in [6, 6.07) is 45.7. The second-order valence-corrected chi connectivity index (χ2v) is 19.8. The highest BCUT2D eigenvalue weighted by Crippen LogP contribution is 2.29. The predicted octanol–water partition coefficient (Wildman–Crippen LogP) is 13.4. The van der Waals surface area contributed by atoms with Crippen LogP contribution >= 0.6 is 0 Å². The van der Waals surface area contributed by atoms with Crippen molar-refractivity contribution in [1.82, 2.24) is 19.6 Å². The van der Waals surface area contributed by atoms with E-state index >= 15 is 0 Å². The van der Waals surface area contributed by atoms with Gasteiger partial charge < -0.3 is 24.8 Å². The van der Waals surface area contributed by atoms with Gasteiger partial charge in [0.25, 0.3) is 0 Å². The summed E-state index contributed by atoms with van der Waals surface area (Å²) in [5.74, 6) is -7.12. The van der Waals surface area contributed by atoms with Crippen LogP contribution in [0, 0.1) is 29.1 Å². The van der Waals surface area contributed by atoms with E-state index in [4.69, 9.17) is 24.8 Å². The molecule has 0 heterocycles. The molecule has 0 aliphatic rings. The van der Waals surface area contributed by atoms with Crippen molar-refractivity contribution in [2.75, 3.05) is 56.4 Å². The van der Waals surface area contributed by atoms with Gasteiger partial charge in [0.05, 0.1) is 5.92 Å². The van der Waals surface area contributed by atoms with Gasteiger partial charge >= 0.3 is 29.8 Å². The molecule has 0 aliphatic carbocycles. The molecule has 0 saturated carbocycles. The summed E-state index contributed by atoms with van der Waals surface area (Å²) >= 11 is 0. The first kappa shape index (κ1) is 78.4. The Morgan fingerprint density at radius 3 is 0.747 bits per heavy atom. The van der Waals surface area contributed by atoms with Gasteiger partial charge in [0.1, 0.15) is 65.5 Å². The molecule has 7 atom stereocenters. The maximum atomic E-state index is 14.0. The molecule has 0 aliphatic heterocycles. The largest absolute Gasteiger partial charge is 0.481 e. The van der Waals surface area contributed by atoms with E-state index in [0.717, 1.165) is 11.1 Å². The highest BCUT2D eigenvalue weighted by molar-refractivity contribution is 5.79. The van der Waals surface area contributed by atoms with Crippen LogP contribution in [-0.2, 0) is 33.4 Å². The van der Waals surface area contributed by atoms with Crippen molar-refractivity contribution in [3.05, 3.63) is 250 Å². The lowest BCUT2D eigenvalue weighted by molar-refractivity contribution is -0.155. The summed E-state index contributed by atoms with van der Waals surface area (Å²) in [4.78, 5) is 63.5. The van der Waals surface area contributed by atoms with E-state index in [1.165, 1.54) is 83.5 Å². The van der Waals surface area contributed by atoms with E-state index in [0.29, 0.717) is 11.1 Å². The van der Waals surface area contributed by atoms with E-state index in [9.17, 15) is 45.9 Å². The maximum absolute atomic E-state index is 14.0. The zero-order valence-corrected chi connectivity index (χ0v) is 49.3. The smallest absolute Gasteiger partial charge is 0.328 e. The summed E-state index contributed by atoms with van der Waals surface area (Å²) < 4.78 is 78.5. The normalized spacial score (nSPS) is 12.8. The molecule has 14 nitrogen and oxygen atoms in total. The molecule has 3 radical (unpaired) electrons. The molecule has 7 aromatic rings. The van der Waals surface area contributed by atoms with Crippen LogP contribution in [0.5, 0.6) is 0 Å². The minimum Gasteiger partial charge on any atom is -0.481 e. The van der Waals surface area contributed by atoms with Crippen molar-refractivity contribution < 1.29 is 70.7 Å². The zero-order valence-electron chi connectivity index (χ0n) is 49.3. The van der Waals surface area contributed by atoms with Crippen LogP contribution in [0.2, 0.25) is 0 Å². The summed E-state index contributed by atoms with van der Waals surface area (Å²) in [5, 5.41) is 26.4. The van der Waals surface area contributed by atoms with Crippen molar-refractivity contribution in [1.29, 1.82) is 0 Å². The molecule has 3 N–H and O–H groups in total. The number of aliphatic carboxylic acids is 3. The van der Waals surface area contributed by atoms with E-state index in [2.05, 4.69) is 0 Å². The SMILES string of the molecule is C.C.CC(C(=O)O)c1ccccc1F.CN(C)[C@@H](C(=O)O)c1ccccc1F.CN(C)[C@H](C(=O)O)c1ccccc1F.C[C@H](OC(=O)[C@@H](c1ccccc1F)N(C)C)c1ccccc1.C[C@H](OC(=O)[C@H](c1ccccc1F)N(C)C)c1ccccc1.[B]. The lowest BCUT2D eigenvalue weighted by Gasteiger charge is -2.25. The zero-order chi connectivity index (χ0) is 62.8. The Morgan fingerprint density at radius 1 is 0.333 bits per heavy atom. The Bertz CT molecular complexity index is 3020. The first-order chi connectivity index (χ1) is 39.7. The number of carbonyl (C=O) groups is 5. The Balaban J connectivity index is 0.00000108. The number of hydrogen-bond acceptors (Lipinski definition) is 11. The fourth-order valence-corrected chi connectivity index (χ4v) is 8.30. The summed E-state index contributed by atoms with van der Waals surface area (Å²) in [6.45, 7) is 5.07. The number of likely N-dealkylation sites (N-methyl/N-ethyl adjacent to an activating group) is 4. The molecule has 0 bridgehead atoms.